The van der Waals surface area contributed by atoms with Crippen LogP contribution in [-0.2, 0) is 0 Å². The van der Waals surface area contributed by atoms with Crippen molar-refractivity contribution in [1.29, 1.82) is 0 Å². The molecule has 1 aromatic carbocycles. The zero-order valence-electron chi connectivity index (χ0n) is 12.0. The summed E-state index contributed by atoms with van der Waals surface area (Å²) in [6, 6.07) is 5.31. The molecular formula is C14H20ClN3O2. The molecule has 3 atom stereocenters. The summed E-state index contributed by atoms with van der Waals surface area (Å²) in [6.07, 6.45) is 0.960. The molecule has 0 radical (unpaired) electrons. The molecular weight excluding hydrogens is 278 g/mol. The van der Waals surface area contributed by atoms with E-state index in [4.69, 9.17) is 11.6 Å². The van der Waals surface area contributed by atoms with Crippen molar-refractivity contribution in [2.24, 2.45) is 5.92 Å². The monoisotopic (exact) mass is 297 g/mol. The Labute approximate surface area is 124 Å². The average molecular weight is 298 g/mol. The van der Waals surface area contributed by atoms with Gasteiger partial charge in [0.25, 0.3) is 5.69 Å². The van der Waals surface area contributed by atoms with Crippen molar-refractivity contribution in [1.82, 2.24) is 4.90 Å². The maximum Gasteiger partial charge on any atom is 0.292 e. The third-order valence-corrected chi connectivity index (χ3v) is 4.34. The van der Waals surface area contributed by atoms with E-state index in [1.165, 1.54) is 6.07 Å². The van der Waals surface area contributed by atoms with E-state index in [0.717, 1.165) is 13.0 Å². The Morgan fingerprint density at radius 1 is 1.45 bits per heavy atom. The van der Waals surface area contributed by atoms with E-state index >= 15 is 0 Å². The van der Waals surface area contributed by atoms with Gasteiger partial charge in [0.15, 0.2) is 0 Å². The second-order valence-corrected chi connectivity index (χ2v) is 6.11. The van der Waals surface area contributed by atoms with Crippen molar-refractivity contribution < 1.29 is 4.92 Å². The Morgan fingerprint density at radius 3 is 2.80 bits per heavy atom. The van der Waals surface area contributed by atoms with Crippen LogP contribution in [0.1, 0.15) is 20.3 Å². The molecule has 0 bridgehead atoms. The highest BCUT2D eigenvalue weighted by atomic mass is 35.5. The maximum atomic E-state index is 11.1. The van der Waals surface area contributed by atoms with Gasteiger partial charge in [0, 0.05) is 29.7 Å². The van der Waals surface area contributed by atoms with Crippen molar-refractivity contribution in [3.63, 3.8) is 0 Å². The number of nitro groups is 1. The van der Waals surface area contributed by atoms with E-state index in [-0.39, 0.29) is 16.7 Å². The van der Waals surface area contributed by atoms with E-state index < -0.39 is 0 Å². The minimum Gasteiger partial charge on any atom is -0.376 e. The predicted octanol–water partition coefficient (Wildman–Crippen LogP) is 3.39. The molecule has 1 aromatic rings. The van der Waals surface area contributed by atoms with Gasteiger partial charge in [0.1, 0.15) is 5.69 Å². The van der Waals surface area contributed by atoms with E-state index in [9.17, 15) is 10.1 Å². The normalized spacial score (nSPS) is 27.3. The Morgan fingerprint density at radius 2 is 2.15 bits per heavy atom. The second kappa shape index (κ2) is 5.97. The largest absolute Gasteiger partial charge is 0.376 e. The minimum atomic E-state index is -0.373. The molecule has 1 aliphatic rings. The summed E-state index contributed by atoms with van der Waals surface area (Å²) in [4.78, 5) is 13.0. The Balaban J connectivity index is 2.21. The molecule has 1 saturated heterocycles. The lowest BCUT2D eigenvalue weighted by atomic mass is 9.89. The lowest BCUT2D eigenvalue weighted by Crippen LogP contribution is -2.48. The van der Waals surface area contributed by atoms with Crippen LogP contribution >= 0.6 is 11.6 Å². The lowest BCUT2D eigenvalue weighted by Gasteiger charge is -2.40. The summed E-state index contributed by atoms with van der Waals surface area (Å²) < 4.78 is 0. The average Bonchev–Trinajstić information content (AvgIpc) is 2.35. The molecule has 0 amide bonds. The van der Waals surface area contributed by atoms with Crippen LogP contribution in [0.15, 0.2) is 18.2 Å². The van der Waals surface area contributed by atoms with E-state index in [1.54, 1.807) is 12.1 Å². The fraction of sp³-hybridized carbons (Fsp3) is 0.571. The third kappa shape index (κ3) is 3.22. The molecule has 6 heteroatoms. The van der Waals surface area contributed by atoms with Gasteiger partial charge in [-0.15, -0.1) is 0 Å². The fourth-order valence-corrected chi connectivity index (χ4v) is 2.90. The fourth-order valence-electron chi connectivity index (χ4n) is 2.73. The number of anilines is 1. The molecule has 110 valence electrons. The highest BCUT2D eigenvalue weighted by Crippen LogP contribution is 2.31. The number of hydrogen-bond donors (Lipinski definition) is 1. The van der Waals surface area contributed by atoms with Gasteiger partial charge in [-0.1, -0.05) is 18.5 Å². The van der Waals surface area contributed by atoms with E-state index in [0.29, 0.717) is 22.7 Å². The molecule has 1 aliphatic heterocycles. The van der Waals surface area contributed by atoms with Gasteiger partial charge in [-0.3, -0.25) is 10.1 Å². The number of nitrogens with zero attached hydrogens (tertiary/aromatic N) is 2. The molecule has 20 heavy (non-hydrogen) atoms. The van der Waals surface area contributed by atoms with Crippen LogP contribution in [0.5, 0.6) is 0 Å². The summed E-state index contributed by atoms with van der Waals surface area (Å²) in [5.41, 5.74) is 0.587. The van der Waals surface area contributed by atoms with Crippen molar-refractivity contribution >= 4 is 23.0 Å². The third-order valence-electron chi connectivity index (χ3n) is 4.11. The summed E-state index contributed by atoms with van der Waals surface area (Å²) >= 11 is 5.96. The molecule has 2 rings (SSSR count). The van der Waals surface area contributed by atoms with Gasteiger partial charge in [-0.2, -0.15) is 0 Å². The number of benzene rings is 1. The van der Waals surface area contributed by atoms with Crippen LogP contribution in [0.3, 0.4) is 0 Å². The van der Waals surface area contributed by atoms with Crippen LogP contribution < -0.4 is 5.32 Å². The molecule has 0 aliphatic carbocycles. The van der Waals surface area contributed by atoms with Gasteiger partial charge in [0.05, 0.1) is 4.92 Å². The highest BCUT2D eigenvalue weighted by molar-refractivity contribution is 6.31. The lowest BCUT2D eigenvalue weighted by molar-refractivity contribution is -0.384. The van der Waals surface area contributed by atoms with Gasteiger partial charge in [-0.05, 0) is 38.4 Å². The van der Waals surface area contributed by atoms with Crippen LogP contribution in [-0.4, -0.2) is 35.5 Å². The van der Waals surface area contributed by atoms with Gasteiger partial charge < -0.3 is 10.2 Å². The number of nitrogens with one attached hydrogen (secondary N) is 1. The Hall–Kier alpha value is -1.33. The minimum absolute atomic E-state index is 0.0770. The van der Waals surface area contributed by atoms with Crippen LogP contribution in [0.25, 0.3) is 0 Å². The zero-order valence-corrected chi connectivity index (χ0v) is 12.7. The standard InChI is InChI=1S/C14H20ClN3O2/c1-9-8-17(3)10(2)6-12(9)16-13-7-11(15)4-5-14(13)18(19)20/h4-5,7,9-10,12,16H,6,8H2,1-3H3. The quantitative estimate of drug-likeness (QED) is 0.686. The highest BCUT2D eigenvalue weighted by Gasteiger charge is 2.30. The van der Waals surface area contributed by atoms with Crippen molar-refractivity contribution in [3.05, 3.63) is 33.3 Å². The SMILES string of the molecule is CC1CN(C)C(C)CC1Nc1cc(Cl)ccc1[N+](=O)[O-]. The Bertz CT molecular complexity index is 509. The number of nitro benzene ring substituents is 1. The Kier molecular flexibility index (Phi) is 4.50. The van der Waals surface area contributed by atoms with E-state index in [2.05, 4.69) is 31.1 Å². The first-order valence-electron chi connectivity index (χ1n) is 6.79. The first-order valence-corrected chi connectivity index (χ1v) is 7.17. The second-order valence-electron chi connectivity index (χ2n) is 5.67. The topological polar surface area (TPSA) is 58.4 Å². The number of rotatable bonds is 3. The number of piperidine rings is 1. The van der Waals surface area contributed by atoms with Crippen molar-refractivity contribution in [2.75, 3.05) is 18.9 Å². The summed E-state index contributed by atoms with van der Waals surface area (Å²) in [5.74, 6) is 0.426. The number of likely N-dealkylation sites (tertiary alicyclic amines) is 1. The number of hydrogen-bond acceptors (Lipinski definition) is 4. The van der Waals surface area contributed by atoms with Gasteiger partial charge >= 0.3 is 0 Å². The van der Waals surface area contributed by atoms with Crippen molar-refractivity contribution in [3.8, 4) is 0 Å². The molecule has 3 unspecified atom stereocenters. The van der Waals surface area contributed by atoms with Crippen LogP contribution in [0.2, 0.25) is 5.02 Å². The molecule has 0 saturated carbocycles. The molecule has 1 N–H and O–H groups in total. The molecule has 0 spiro atoms. The molecule has 1 fully saturated rings. The van der Waals surface area contributed by atoms with Crippen molar-refractivity contribution in [2.45, 2.75) is 32.4 Å². The summed E-state index contributed by atoms with van der Waals surface area (Å²) in [5, 5.41) is 14.9. The molecule has 5 nitrogen and oxygen atoms in total. The first-order chi connectivity index (χ1) is 9.38. The summed E-state index contributed by atoms with van der Waals surface area (Å²) in [7, 11) is 2.11. The summed E-state index contributed by atoms with van der Waals surface area (Å²) in [6.45, 7) is 5.32. The van der Waals surface area contributed by atoms with E-state index in [1.807, 2.05) is 0 Å². The zero-order chi connectivity index (χ0) is 14.9. The number of halogens is 1. The van der Waals surface area contributed by atoms with Crippen LogP contribution in [0, 0.1) is 16.0 Å². The molecule has 0 aromatic heterocycles. The van der Waals surface area contributed by atoms with Crippen LogP contribution in [0.4, 0.5) is 11.4 Å². The predicted molar refractivity (Wildman–Crippen MR) is 81.4 cm³/mol. The van der Waals surface area contributed by atoms with Gasteiger partial charge in [-0.25, -0.2) is 0 Å². The smallest absolute Gasteiger partial charge is 0.292 e. The van der Waals surface area contributed by atoms with Gasteiger partial charge in [0.2, 0.25) is 0 Å². The maximum absolute atomic E-state index is 11.1. The molecule has 1 heterocycles. The first kappa shape index (κ1) is 15.1.